The highest BCUT2D eigenvalue weighted by Crippen LogP contribution is 2.54. The van der Waals surface area contributed by atoms with Gasteiger partial charge in [0.2, 0.25) is 0 Å². The molecule has 2 aromatic carbocycles. The van der Waals surface area contributed by atoms with E-state index in [0.29, 0.717) is 0 Å². The Hall–Kier alpha value is -4.54. The van der Waals surface area contributed by atoms with Crippen LogP contribution in [0.15, 0.2) is 36.1 Å². The molecule has 1 aromatic heterocycles. The molecule has 2 aliphatic rings. The predicted octanol–water partition coefficient (Wildman–Crippen LogP) is 5.15. The van der Waals surface area contributed by atoms with Gasteiger partial charge in [0.1, 0.15) is 28.3 Å². The number of rotatable bonds is 3. The number of aromatic nitrogens is 1. The third-order valence-electron chi connectivity index (χ3n) is 10.5. The summed E-state index contributed by atoms with van der Waals surface area (Å²) in [6.45, 7) is 12.2. The average Bonchev–Trinajstić information content (AvgIpc) is 3.68. The van der Waals surface area contributed by atoms with E-state index in [9.17, 15) is 39.9 Å². The number of amides is 1. The molecule has 14 nitrogen and oxygen atoms in total. The Bertz CT molecular complexity index is 2070. The number of ketones is 1. The Morgan fingerprint density at radius 2 is 1.70 bits per heavy atom. The normalized spacial score (nSPS) is 31.2. The molecular formula is C39H48N2O12S. The fourth-order valence-corrected chi connectivity index (χ4v) is 8.17. The van der Waals surface area contributed by atoms with Crippen LogP contribution in [0.1, 0.15) is 69.4 Å². The topological polar surface area (TPSA) is 214 Å². The molecule has 6 N–H and O–H groups in total. The molecule has 0 radical (unpaired) electrons. The molecule has 5 rings (SSSR count). The number of fused-ring (bicyclic) bond motifs is 1. The molecule has 0 fully saturated rings. The Kier molecular flexibility index (Phi) is 11.8. The Morgan fingerprint density at radius 1 is 1.02 bits per heavy atom. The highest BCUT2D eigenvalue weighted by Gasteiger charge is 2.49. The largest absolute Gasteiger partial charge is 0.507 e. The molecule has 3 heterocycles. The van der Waals surface area contributed by atoms with Crippen LogP contribution in [0.3, 0.4) is 0 Å². The molecule has 15 heteroatoms. The summed E-state index contributed by atoms with van der Waals surface area (Å²) in [5.74, 6) is -7.18. The van der Waals surface area contributed by atoms with Crippen LogP contribution in [-0.4, -0.2) is 85.5 Å². The van der Waals surface area contributed by atoms with Crippen LogP contribution < -0.4 is 10.1 Å². The number of benzene rings is 2. The van der Waals surface area contributed by atoms with Crippen LogP contribution in [0.2, 0.25) is 0 Å². The van der Waals surface area contributed by atoms with Crippen molar-refractivity contribution >= 4 is 55.7 Å². The molecule has 0 unspecified atom stereocenters. The molecule has 4 bridgehead atoms. The molecule has 0 spiro atoms. The van der Waals surface area contributed by atoms with E-state index in [0.717, 1.165) is 11.3 Å². The third-order valence-corrected chi connectivity index (χ3v) is 11.6. The lowest BCUT2D eigenvalue weighted by molar-refractivity contribution is -0.160. The maximum absolute atomic E-state index is 14.3. The van der Waals surface area contributed by atoms with Crippen LogP contribution >= 0.6 is 11.3 Å². The van der Waals surface area contributed by atoms with Crippen molar-refractivity contribution in [2.45, 2.75) is 92.2 Å². The zero-order valence-electron chi connectivity index (χ0n) is 31.7. The zero-order valence-corrected chi connectivity index (χ0v) is 32.5. The first-order valence-corrected chi connectivity index (χ1v) is 18.4. The van der Waals surface area contributed by atoms with Crippen LogP contribution in [0.5, 0.6) is 17.2 Å². The second-order valence-electron chi connectivity index (χ2n) is 14.3. The number of phenols is 2. The van der Waals surface area contributed by atoms with E-state index in [4.69, 9.17) is 18.9 Å². The van der Waals surface area contributed by atoms with Crippen molar-refractivity contribution < 1.29 is 58.9 Å². The van der Waals surface area contributed by atoms with E-state index in [1.54, 1.807) is 46.8 Å². The number of nitrogens with zero attached hydrogens (tertiary/aromatic N) is 1. The first-order valence-electron chi connectivity index (χ1n) is 17.6. The summed E-state index contributed by atoms with van der Waals surface area (Å²) in [5.41, 5.74) is 0.350. The van der Waals surface area contributed by atoms with Crippen molar-refractivity contribution in [2.24, 2.45) is 23.7 Å². The summed E-state index contributed by atoms with van der Waals surface area (Å²) in [6.07, 6.45) is 3.72. The second-order valence-corrected chi connectivity index (χ2v) is 15.4. The van der Waals surface area contributed by atoms with Gasteiger partial charge in [0.05, 0.1) is 52.3 Å². The van der Waals surface area contributed by atoms with Gasteiger partial charge in [0.15, 0.2) is 5.75 Å². The zero-order chi connectivity index (χ0) is 40.0. The first kappa shape index (κ1) is 40.6. The summed E-state index contributed by atoms with van der Waals surface area (Å²) >= 11 is 0.986. The predicted molar refractivity (Wildman–Crippen MR) is 201 cm³/mol. The average molecular weight is 769 g/mol. The number of esters is 1. The molecule has 2 aliphatic heterocycles. The minimum absolute atomic E-state index is 0.00653. The maximum Gasteiger partial charge on any atom is 0.312 e. The van der Waals surface area contributed by atoms with Gasteiger partial charge in [-0.05, 0) is 19.9 Å². The number of hydrogen-bond donors (Lipinski definition) is 6. The number of hydrogen-bond acceptors (Lipinski definition) is 14. The lowest BCUT2D eigenvalue weighted by atomic mass is 9.78. The van der Waals surface area contributed by atoms with Crippen molar-refractivity contribution in [2.75, 3.05) is 12.4 Å². The molecule has 1 amide bonds. The van der Waals surface area contributed by atoms with Crippen molar-refractivity contribution in [1.29, 1.82) is 0 Å². The van der Waals surface area contributed by atoms with Crippen LogP contribution in [0.25, 0.3) is 21.0 Å². The van der Waals surface area contributed by atoms with Crippen molar-refractivity contribution in [3.8, 4) is 17.2 Å². The molecule has 54 heavy (non-hydrogen) atoms. The number of allylic oxidation sites excluding steroid dienone is 2. The van der Waals surface area contributed by atoms with Gasteiger partial charge in [-0.15, -0.1) is 11.3 Å². The van der Waals surface area contributed by atoms with Crippen molar-refractivity contribution in [1.82, 2.24) is 4.98 Å². The number of methoxy groups -OCH3 is 1. The number of anilines is 1. The van der Waals surface area contributed by atoms with Crippen LogP contribution in [-0.2, 0) is 30.4 Å². The highest BCUT2D eigenvalue weighted by molar-refractivity contribution is 7.19. The van der Waals surface area contributed by atoms with Gasteiger partial charge in [0, 0.05) is 61.2 Å². The Labute approximate surface area is 316 Å². The maximum atomic E-state index is 14.3. The minimum atomic E-state index is -1.97. The van der Waals surface area contributed by atoms with Gasteiger partial charge >= 0.3 is 11.8 Å². The van der Waals surface area contributed by atoms with E-state index >= 15 is 0 Å². The Morgan fingerprint density at radius 3 is 2.33 bits per heavy atom. The summed E-state index contributed by atoms with van der Waals surface area (Å²) in [4.78, 5) is 44.7. The lowest BCUT2D eigenvalue weighted by Gasteiger charge is -2.38. The van der Waals surface area contributed by atoms with Gasteiger partial charge in [-0.25, -0.2) is 4.98 Å². The fourth-order valence-electron chi connectivity index (χ4n) is 7.23. The van der Waals surface area contributed by atoms with Crippen LogP contribution in [0.4, 0.5) is 5.69 Å². The van der Waals surface area contributed by atoms with Gasteiger partial charge < -0.3 is 49.8 Å². The van der Waals surface area contributed by atoms with Gasteiger partial charge in [-0.1, -0.05) is 45.9 Å². The van der Waals surface area contributed by atoms with E-state index in [1.165, 1.54) is 46.3 Å². The number of carbonyl (C=O) groups excluding carboxylic acids is 3. The van der Waals surface area contributed by atoms with Crippen LogP contribution in [0, 0.1) is 30.6 Å². The molecule has 292 valence electrons. The molecular weight excluding hydrogens is 720 g/mol. The second kappa shape index (κ2) is 15.7. The quantitative estimate of drug-likeness (QED) is 0.150. The number of nitrogens with one attached hydrogen (secondary N) is 1. The van der Waals surface area contributed by atoms with E-state index in [2.05, 4.69) is 10.3 Å². The monoisotopic (exact) mass is 768 g/mol. The molecule has 0 saturated heterocycles. The lowest BCUT2D eigenvalue weighted by Crippen LogP contribution is -2.46. The smallest absolute Gasteiger partial charge is 0.312 e. The highest BCUT2D eigenvalue weighted by atomic mass is 32.1. The number of aliphatic hydroxyl groups excluding tert-OH is 3. The van der Waals surface area contributed by atoms with Crippen molar-refractivity contribution in [3.05, 3.63) is 52.3 Å². The molecule has 9 atom stereocenters. The van der Waals surface area contributed by atoms with E-state index in [1.807, 2.05) is 0 Å². The first-order chi connectivity index (χ1) is 25.4. The minimum Gasteiger partial charge on any atom is -0.507 e. The van der Waals surface area contributed by atoms with E-state index in [-0.39, 0.29) is 54.1 Å². The SMILES string of the molecule is CO[C@H]1C=CO[C@@]2(C)Oc3c(C)c(O)c4c(O)c(c5sc(CO)nc5c4c3C2=O)NC(=O)/C(C)=C\C=C/[C@H](C)[C@H](O)[C@@H](C)[C@@H](O)[C@@H](C)[C@H](OC(C)=O)[C@@H]1C. The van der Waals surface area contributed by atoms with Gasteiger partial charge in [-0.2, -0.15) is 0 Å². The number of ether oxygens (including phenoxy) is 4. The standard InChI is InChI=1S/C39H48N2O12S/c1-16-11-10-12-17(2)38(49)41-29-33(47)26-25(28-36(29)54-24(15-42)40-28)27-35(21(6)32(26)46)53-39(8,37(27)48)51-14-13-23(50-9)18(3)34(52-22(7)43)20(5)31(45)19(4)30(16)44/h10-14,16,18-20,23,30-31,34,42,44-47H,15H2,1-9H3,(H,41,49)/b11-10-,14-13?,17-12-/t16-,18+,19+,20+,23-,30-,31+,34+,39-/m0/s1. The third kappa shape index (κ3) is 7.18. The van der Waals surface area contributed by atoms with Crippen molar-refractivity contribution in [3.63, 3.8) is 0 Å². The summed E-state index contributed by atoms with van der Waals surface area (Å²) in [7, 11) is 1.44. The Balaban J connectivity index is 1.71. The van der Waals surface area contributed by atoms with Gasteiger partial charge in [0.25, 0.3) is 11.7 Å². The molecule has 0 aliphatic carbocycles. The number of aliphatic hydroxyl groups is 3. The number of aromatic hydroxyl groups is 2. The van der Waals surface area contributed by atoms with Gasteiger partial charge in [-0.3, -0.25) is 14.4 Å². The fraction of sp³-hybridized carbons (Fsp3) is 0.487. The van der Waals surface area contributed by atoms with E-state index < -0.39 is 89.6 Å². The summed E-state index contributed by atoms with van der Waals surface area (Å²) < 4.78 is 23.8. The number of phenolic OH excluding ortho intramolecular Hbond substituents is 2. The molecule has 3 aromatic rings. The number of Topliss-reactive ketones (excluding diaryl/α,β-unsaturated/α-hetero) is 1. The summed E-state index contributed by atoms with van der Waals surface area (Å²) in [6, 6.07) is 0. The molecule has 0 saturated carbocycles. The summed E-state index contributed by atoms with van der Waals surface area (Å²) in [5, 5.41) is 58.8. The number of thiazole rings is 1. The number of carbonyl (C=O) groups is 3.